The van der Waals surface area contributed by atoms with Gasteiger partial charge in [-0.05, 0) is 63.8 Å². The summed E-state index contributed by atoms with van der Waals surface area (Å²) in [6.45, 7) is 6.57. The second-order valence-electron chi connectivity index (χ2n) is 9.88. The van der Waals surface area contributed by atoms with Gasteiger partial charge in [-0.25, -0.2) is 9.78 Å². The lowest BCUT2D eigenvalue weighted by Crippen LogP contribution is -2.51. The molecule has 8 nitrogen and oxygen atoms in total. The monoisotopic (exact) mass is 482 g/mol. The highest BCUT2D eigenvalue weighted by Crippen LogP contribution is 2.47. The van der Waals surface area contributed by atoms with Crippen LogP contribution in [0.1, 0.15) is 44.7 Å². The number of carbonyl (C=O) groups is 1. The second kappa shape index (κ2) is 8.99. The van der Waals surface area contributed by atoms with Gasteiger partial charge in [0.2, 0.25) is 0 Å². The average Bonchev–Trinajstić information content (AvgIpc) is 2.79. The Hall–Kier alpha value is -2.99. The number of carbonyl (C=O) groups excluding carboxylic acids is 1. The van der Waals surface area contributed by atoms with Crippen LogP contribution in [-0.4, -0.2) is 52.1 Å². The van der Waals surface area contributed by atoms with Gasteiger partial charge in [0, 0.05) is 31.1 Å². The molecule has 1 aromatic carbocycles. The van der Waals surface area contributed by atoms with Crippen molar-refractivity contribution in [2.45, 2.75) is 56.2 Å². The highest BCUT2D eigenvalue weighted by molar-refractivity contribution is 7.99. The fourth-order valence-corrected chi connectivity index (χ4v) is 5.51. The Labute approximate surface area is 203 Å². The standard InChI is InChI=1S/C25H30N4O4S/c1-24(2,3)33-23(31)29-11-8-25(9-12-29)15-16-14-17(32-5)6-7-18(16)20-19(25)21(30)28(4)22(27-20)34-13-10-26/h6-7,14H,8-9,11-13,15H2,1-5H3. The molecule has 9 heteroatoms. The van der Waals surface area contributed by atoms with E-state index in [1.807, 2.05) is 39.0 Å². The first-order valence-electron chi connectivity index (χ1n) is 11.3. The van der Waals surface area contributed by atoms with Crippen LogP contribution in [0.15, 0.2) is 28.2 Å². The van der Waals surface area contributed by atoms with Crippen LogP contribution >= 0.6 is 11.8 Å². The Morgan fingerprint density at radius 1 is 1.29 bits per heavy atom. The van der Waals surface area contributed by atoms with E-state index in [0.717, 1.165) is 16.9 Å². The molecule has 2 heterocycles. The molecule has 0 radical (unpaired) electrons. The second-order valence-corrected chi connectivity index (χ2v) is 10.8. The summed E-state index contributed by atoms with van der Waals surface area (Å²) in [5, 5.41) is 9.56. The number of fused-ring (bicyclic) bond motifs is 4. The molecule has 0 atom stereocenters. The average molecular weight is 483 g/mol. The van der Waals surface area contributed by atoms with E-state index in [-0.39, 0.29) is 17.4 Å². The van der Waals surface area contributed by atoms with Crippen LogP contribution < -0.4 is 10.3 Å². The van der Waals surface area contributed by atoms with Crippen LogP contribution in [0.25, 0.3) is 11.3 Å². The first kappa shape index (κ1) is 24.1. The number of nitriles is 1. The van der Waals surface area contributed by atoms with Crippen LogP contribution in [0.3, 0.4) is 0 Å². The molecule has 34 heavy (non-hydrogen) atoms. The lowest BCUT2D eigenvalue weighted by molar-refractivity contribution is 0.0161. The molecule has 1 aromatic heterocycles. The maximum absolute atomic E-state index is 13.7. The van der Waals surface area contributed by atoms with E-state index < -0.39 is 11.0 Å². The molecule has 4 rings (SSSR count). The predicted octanol–water partition coefficient (Wildman–Crippen LogP) is 3.90. The Kier molecular flexibility index (Phi) is 6.38. The molecule has 2 aliphatic rings. The number of hydrogen-bond donors (Lipinski definition) is 0. The molecular weight excluding hydrogens is 452 g/mol. The van der Waals surface area contributed by atoms with Crippen LogP contribution in [0.2, 0.25) is 0 Å². The molecule has 0 saturated carbocycles. The van der Waals surface area contributed by atoms with Crippen LogP contribution in [0, 0.1) is 11.3 Å². The van der Waals surface area contributed by atoms with Gasteiger partial charge in [0.25, 0.3) is 5.56 Å². The van der Waals surface area contributed by atoms with Crippen molar-refractivity contribution in [3.05, 3.63) is 39.7 Å². The minimum atomic E-state index is -0.559. The van der Waals surface area contributed by atoms with Gasteiger partial charge in [-0.15, -0.1) is 0 Å². The van der Waals surface area contributed by atoms with E-state index in [9.17, 15) is 9.59 Å². The summed E-state index contributed by atoms with van der Waals surface area (Å²) in [6.07, 6.45) is 1.63. The normalized spacial score (nSPS) is 16.4. The minimum Gasteiger partial charge on any atom is -0.497 e. The minimum absolute atomic E-state index is 0.0855. The lowest BCUT2D eigenvalue weighted by atomic mass is 9.64. The number of nitrogens with zero attached hydrogens (tertiary/aromatic N) is 4. The smallest absolute Gasteiger partial charge is 0.410 e. The topological polar surface area (TPSA) is 97.4 Å². The fraction of sp³-hybridized carbons (Fsp3) is 0.520. The highest BCUT2D eigenvalue weighted by atomic mass is 32.2. The van der Waals surface area contributed by atoms with E-state index in [0.29, 0.717) is 48.8 Å². The summed E-state index contributed by atoms with van der Waals surface area (Å²) in [6, 6.07) is 7.96. The lowest BCUT2D eigenvalue weighted by Gasteiger charge is -2.45. The maximum Gasteiger partial charge on any atom is 0.410 e. The number of ether oxygens (including phenoxy) is 2. The molecular formula is C25H30N4O4S. The van der Waals surface area contributed by atoms with Gasteiger partial charge in [-0.1, -0.05) is 11.8 Å². The first-order chi connectivity index (χ1) is 16.1. The molecule has 2 aromatic rings. The van der Waals surface area contributed by atoms with Gasteiger partial charge in [0.1, 0.15) is 11.4 Å². The Bertz CT molecular complexity index is 1220. The fourth-order valence-electron chi connectivity index (χ4n) is 4.88. The molecule has 1 spiro atoms. The van der Waals surface area contributed by atoms with Crippen molar-refractivity contribution >= 4 is 17.9 Å². The summed E-state index contributed by atoms with van der Waals surface area (Å²) in [5.74, 6) is 0.969. The number of piperidine rings is 1. The van der Waals surface area contributed by atoms with Gasteiger partial charge in [0.15, 0.2) is 5.16 Å². The summed E-state index contributed by atoms with van der Waals surface area (Å²) < 4.78 is 12.6. The van der Waals surface area contributed by atoms with Crippen molar-refractivity contribution in [2.24, 2.45) is 7.05 Å². The van der Waals surface area contributed by atoms with Crippen LogP contribution in [0.4, 0.5) is 4.79 Å². The molecule has 1 fully saturated rings. The number of likely N-dealkylation sites (tertiary alicyclic amines) is 1. The highest BCUT2D eigenvalue weighted by Gasteiger charge is 2.45. The third-order valence-electron chi connectivity index (χ3n) is 6.51. The maximum atomic E-state index is 13.7. The van der Waals surface area contributed by atoms with Crippen molar-refractivity contribution in [1.82, 2.24) is 14.5 Å². The Morgan fingerprint density at radius 3 is 2.62 bits per heavy atom. The quantitative estimate of drug-likeness (QED) is 0.483. The van der Waals surface area contributed by atoms with E-state index in [1.165, 1.54) is 11.8 Å². The molecule has 1 amide bonds. The third-order valence-corrected chi connectivity index (χ3v) is 7.41. The van der Waals surface area contributed by atoms with E-state index >= 15 is 0 Å². The van der Waals surface area contributed by atoms with Crippen LogP contribution in [0.5, 0.6) is 5.75 Å². The molecule has 1 aliphatic carbocycles. The number of amides is 1. The molecule has 1 saturated heterocycles. The summed E-state index contributed by atoms with van der Waals surface area (Å²) in [5.41, 5.74) is 2.31. The van der Waals surface area contributed by atoms with Gasteiger partial charge >= 0.3 is 6.09 Å². The van der Waals surface area contributed by atoms with Gasteiger partial charge in [-0.2, -0.15) is 5.26 Å². The summed E-state index contributed by atoms with van der Waals surface area (Å²) in [7, 11) is 3.35. The molecule has 0 N–H and O–H groups in total. The van der Waals surface area contributed by atoms with Crippen molar-refractivity contribution in [2.75, 3.05) is 26.0 Å². The Morgan fingerprint density at radius 2 is 2.00 bits per heavy atom. The number of aromatic nitrogens is 2. The zero-order valence-electron chi connectivity index (χ0n) is 20.3. The number of rotatable bonds is 3. The number of methoxy groups -OCH3 is 1. The van der Waals surface area contributed by atoms with E-state index in [2.05, 4.69) is 6.07 Å². The van der Waals surface area contributed by atoms with E-state index in [4.69, 9.17) is 19.7 Å². The SMILES string of the molecule is COc1ccc2c(c1)CC1(CCN(C(=O)OC(C)(C)C)CC1)c1c-2nc(SCC#N)n(C)c1=O. The Balaban J connectivity index is 1.78. The van der Waals surface area contributed by atoms with Crippen molar-refractivity contribution < 1.29 is 14.3 Å². The van der Waals surface area contributed by atoms with Gasteiger partial charge in [-0.3, -0.25) is 9.36 Å². The van der Waals surface area contributed by atoms with Crippen molar-refractivity contribution in [3.8, 4) is 23.1 Å². The predicted molar refractivity (Wildman–Crippen MR) is 130 cm³/mol. The van der Waals surface area contributed by atoms with Crippen molar-refractivity contribution in [1.29, 1.82) is 5.26 Å². The molecule has 180 valence electrons. The third kappa shape index (κ3) is 4.39. The number of hydrogen-bond acceptors (Lipinski definition) is 7. The zero-order chi connectivity index (χ0) is 24.7. The zero-order valence-corrected chi connectivity index (χ0v) is 21.1. The summed E-state index contributed by atoms with van der Waals surface area (Å²) in [4.78, 5) is 33.0. The van der Waals surface area contributed by atoms with Crippen molar-refractivity contribution in [3.63, 3.8) is 0 Å². The molecule has 0 bridgehead atoms. The van der Waals surface area contributed by atoms with Crippen LogP contribution in [-0.2, 0) is 23.6 Å². The van der Waals surface area contributed by atoms with Gasteiger partial charge in [0.05, 0.1) is 30.2 Å². The van der Waals surface area contributed by atoms with E-state index in [1.54, 1.807) is 23.6 Å². The first-order valence-corrected chi connectivity index (χ1v) is 12.3. The van der Waals surface area contributed by atoms with Gasteiger partial charge < -0.3 is 14.4 Å². The molecule has 0 unspecified atom stereocenters. The number of benzene rings is 1. The number of thioether (sulfide) groups is 1. The summed E-state index contributed by atoms with van der Waals surface area (Å²) >= 11 is 1.26. The largest absolute Gasteiger partial charge is 0.497 e. The molecule has 1 aliphatic heterocycles.